The van der Waals surface area contributed by atoms with Crippen LogP contribution in [0.25, 0.3) is 0 Å². The zero-order valence-electron chi connectivity index (χ0n) is 12.4. The normalized spacial score (nSPS) is 15.8. The van der Waals surface area contributed by atoms with Crippen molar-refractivity contribution < 1.29 is 4.92 Å². The highest BCUT2D eigenvalue weighted by molar-refractivity contribution is 5.62. The van der Waals surface area contributed by atoms with Gasteiger partial charge in [0.15, 0.2) is 0 Å². The first-order chi connectivity index (χ1) is 9.45. The van der Waals surface area contributed by atoms with Gasteiger partial charge in [-0.2, -0.15) is 4.98 Å². The summed E-state index contributed by atoms with van der Waals surface area (Å²) >= 11 is 0. The van der Waals surface area contributed by atoms with Crippen molar-refractivity contribution in [1.82, 2.24) is 9.97 Å². The summed E-state index contributed by atoms with van der Waals surface area (Å²) in [5, 5.41) is 14.3. The second-order valence-electron chi connectivity index (χ2n) is 5.28. The quantitative estimate of drug-likeness (QED) is 0.635. The molecule has 0 saturated heterocycles. The predicted molar refractivity (Wildman–Crippen MR) is 78.2 cm³/mol. The topological polar surface area (TPSA) is 84.2 Å². The van der Waals surface area contributed by atoms with Gasteiger partial charge in [-0.25, -0.2) is 4.98 Å². The average molecular weight is 279 g/mol. The lowest BCUT2D eigenvalue weighted by Crippen LogP contribution is -2.32. The maximum atomic E-state index is 11.3. The van der Waals surface area contributed by atoms with Gasteiger partial charge in [0.1, 0.15) is 5.69 Å². The van der Waals surface area contributed by atoms with E-state index in [2.05, 4.69) is 22.2 Å². The summed E-state index contributed by atoms with van der Waals surface area (Å²) in [4.78, 5) is 21.3. The van der Waals surface area contributed by atoms with Crippen molar-refractivity contribution in [1.29, 1.82) is 0 Å². The molecule has 1 aromatic rings. The van der Waals surface area contributed by atoms with E-state index >= 15 is 0 Å². The number of rotatable bonds is 6. The lowest BCUT2D eigenvalue weighted by Gasteiger charge is -2.26. The fraction of sp³-hybridized carbons (Fsp3) is 0.692. The minimum atomic E-state index is -0.392. The van der Waals surface area contributed by atoms with Crippen LogP contribution in [-0.4, -0.2) is 34.5 Å². The third-order valence-electron chi connectivity index (χ3n) is 3.81. The van der Waals surface area contributed by atoms with Gasteiger partial charge in [-0.1, -0.05) is 0 Å². The maximum absolute atomic E-state index is 11.3. The summed E-state index contributed by atoms with van der Waals surface area (Å²) in [5.41, 5.74) is 0.396. The molecule has 1 aliphatic rings. The number of aryl methyl sites for hydroxylation is 1. The van der Waals surface area contributed by atoms with Gasteiger partial charge in [0.25, 0.3) is 0 Å². The van der Waals surface area contributed by atoms with E-state index in [9.17, 15) is 10.1 Å². The van der Waals surface area contributed by atoms with E-state index in [1.807, 2.05) is 18.9 Å². The highest BCUT2D eigenvalue weighted by Gasteiger charge is 2.34. The number of hydrogen-bond acceptors (Lipinski definition) is 6. The maximum Gasteiger partial charge on any atom is 0.332 e. The minimum Gasteiger partial charge on any atom is -0.354 e. The molecular formula is C13H21N5O2. The molecule has 1 atom stereocenters. The van der Waals surface area contributed by atoms with Gasteiger partial charge < -0.3 is 10.2 Å². The molecule has 7 heteroatoms. The predicted octanol–water partition coefficient (Wildman–Crippen LogP) is 2.36. The molecule has 1 fully saturated rings. The number of aromatic nitrogens is 2. The number of nitro groups is 1. The van der Waals surface area contributed by atoms with Crippen LogP contribution in [0.3, 0.4) is 0 Å². The fourth-order valence-electron chi connectivity index (χ4n) is 2.34. The number of nitrogens with one attached hydrogen (secondary N) is 1. The molecule has 0 radical (unpaired) electrons. The van der Waals surface area contributed by atoms with E-state index in [4.69, 9.17) is 0 Å². The SMILES string of the molecule is CCNc1nc(C)c([N+](=O)[O-])c(N(C)C(C)C2CC2)n1. The van der Waals surface area contributed by atoms with Crippen molar-refractivity contribution in [2.75, 3.05) is 23.8 Å². The molecule has 7 nitrogen and oxygen atoms in total. The van der Waals surface area contributed by atoms with Crippen molar-refractivity contribution in [2.45, 2.75) is 39.7 Å². The van der Waals surface area contributed by atoms with Gasteiger partial charge in [-0.3, -0.25) is 10.1 Å². The molecule has 0 aliphatic heterocycles. The Hall–Kier alpha value is -1.92. The molecular weight excluding hydrogens is 258 g/mol. The van der Waals surface area contributed by atoms with E-state index < -0.39 is 4.92 Å². The summed E-state index contributed by atoms with van der Waals surface area (Å²) < 4.78 is 0. The summed E-state index contributed by atoms with van der Waals surface area (Å²) in [6, 6.07) is 0.248. The van der Waals surface area contributed by atoms with E-state index in [0.717, 1.165) is 0 Å². The highest BCUT2D eigenvalue weighted by Crippen LogP contribution is 2.38. The van der Waals surface area contributed by atoms with Crippen molar-refractivity contribution in [3.05, 3.63) is 15.8 Å². The first-order valence-corrected chi connectivity index (χ1v) is 6.95. The van der Waals surface area contributed by atoms with Gasteiger partial charge in [0.05, 0.1) is 4.92 Å². The van der Waals surface area contributed by atoms with Crippen molar-refractivity contribution in [3.8, 4) is 0 Å². The van der Waals surface area contributed by atoms with Crippen LogP contribution in [0, 0.1) is 23.0 Å². The lowest BCUT2D eigenvalue weighted by molar-refractivity contribution is -0.385. The molecule has 2 rings (SSSR count). The van der Waals surface area contributed by atoms with Gasteiger partial charge in [0.2, 0.25) is 11.8 Å². The van der Waals surface area contributed by atoms with E-state index in [-0.39, 0.29) is 11.7 Å². The Bertz CT molecular complexity index is 516. The Morgan fingerprint density at radius 3 is 2.65 bits per heavy atom. The van der Waals surface area contributed by atoms with Crippen LogP contribution in [0.2, 0.25) is 0 Å². The Morgan fingerprint density at radius 1 is 1.50 bits per heavy atom. The molecule has 0 amide bonds. The molecule has 0 spiro atoms. The van der Waals surface area contributed by atoms with Crippen molar-refractivity contribution in [2.24, 2.45) is 5.92 Å². The van der Waals surface area contributed by atoms with Crippen molar-refractivity contribution >= 4 is 17.5 Å². The first-order valence-electron chi connectivity index (χ1n) is 6.95. The lowest BCUT2D eigenvalue weighted by atomic mass is 10.2. The molecule has 1 N–H and O–H groups in total. The Labute approximate surface area is 118 Å². The first kappa shape index (κ1) is 14.5. The van der Waals surface area contributed by atoms with Gasteiger partial charge >= 0.3 is 5.69 Å². The monoisotopic (exact) mass is 279 g/mol. The van der Waals surface area contributed by atoms with Crippen LogP contribution in [0.1, 0.15) is 32.4 Å². The highest BCUT2D eigenvalue weighted by atomic mass is 16.6. The standard InChI is InChI=1S/C13H21N5O2/c1-5-14-13-15-8(2)11(18(19)20)12(16-13)17(4)9(3)10-6-7-10/h9-10H,5-7H2,1-4H3,(H,14,15,16). The Balaban J connectivity index is 2.43. The molecule has 1 aromatic heterocycles. The van der Waals surface area contributed by atoms with Gasteiger partial charge in [-0.05, 0) is 39.5 Å². The molecule has 20 heavy (non-hydrogen) atoms. The van der Waals surface area contributed by atoms with Gasteiger partial charge in [0, 0.05) is 19.6 Å². The van der Waals surface area contributed by atoms with Crippen LogP contribution in [0.15, 0.2) is 0 Å². The van der Waals surface area contributed by atoms with Crippen LogP contribution < -0.4 is 10.2 Å². The second-order valence-corrected chi connectivity index (χ2v) is 5.28. The van der Waals surface area contributed by atoms with Crippen LogP contribution in [-0.2, 0) is 0 Å². The molecule has 1 aliphatic carbocycles. The van der Waals surface area contributed by atoms with E-state index in [1.165, 1.54) is 12.8 Å². The summed E-state index contributed by atoms with van der Waals surface area (Å²) in [6.07, 6.45) is 2.37. The molecule has 1 heterocycles. The van der Waals surface area contributed by atoms with Crippen LogP contribution in [0.5, 0.6) is 0 Å². The van der Waals surface area contributed by atoms with Gasteiger partial charge in [-0.15, -0.1) is 0 Å². The largest absolute Gasteiger partial charge is 0.354 e. The number of anilines is 2. The minimum absolute atomic E-state index is 0.00153. The molecule has 1 saturated carbocycles. The molecule has 110 valence electrons. The summed E-state index contributed by atoms with van der Waals surface area (Å²) in [6.45, 7) is 6.36. The Kier molecular flexibility index (Phi) is 4.06. The zero-order valence-corrected chi connectivity index (χ0v) is 12.4. The third-order valence-corrected chi connectivity index (χ3v) is 3.81. The number of hydrogen-bond donors (Lipinski definition) is 1. The van der Waals surface area contributed by atoms with E-state index in [0.29, 0.717) is 29.9 Å². The molecule has 0 aromatic carbocycles. The summed E-state index contributed by atoms with van der Waals surface area (Å²) in [7, 11) is 1.87. The number of nitrogens with zero attached hydrogens (tertiary/aromatic N) is 4. The van der Waals surface area contributed by atoms with Crippen LogP contribution >= 0.6 is 0 Å². The second kappa shape index (κ2) is 5.60. The van der Waals surface area contributed by atoms with Crippen LogP contribution in [0.4, 0.5) is 17.5 Å². The van der Waals surface area contributed by atoms with Crippen molar-refractivity contribution in [3.63, 3.8) is 0 Å². The molecule has 0 bridgehead atoms. The molecule has 1 unspecified atom stereocenters. The zero-order chi connectivity index (χ0) is 14.9. The average Bonchev–Trinajstić information content (AvgIpc) is 3.20. The fourth-order valence-corrected chi connectivity index (χ4v) is 2.34. The summed E-state index contributed by atoms with van der Waals surface area (Å²) in [5.74, 6) is 1.45. The smallest absolute Gasteiger partial charge is 0.332 e. The Morgan fingerprint density at radius 2 is 2.15 bits per heavy atom. The van der Waals surface area contributed by atoms with E-state index in [1.54, 1.807) is 6.92 Å². The third kappa shape index (κ3) is 2.81.